The first-order valence-electron chi connectivity index (χ1n) is 10.2. The number of carbonyl (C=O) groups is 1. The Labute approximate surface area is 195 Å². The molecule has 178 valence electrons. The number of H-pyrrole nitrogens is 1. The Morgan fingerprint density at radius 2 is 2.12 bits per heavy atom. The number of hydrogen-bond donors (Lipinski definition) is 2. The molecule has 5 heterocycles. The number of aromatic amines is 1. The molecule has 9 nitrogen and oxygen atoms in total. The molecule has 0 bridgehead atoms. The molecule has 0 radical (unpaired) electrons. The number of hydrogen-bond acceptors (Lipinski definition) is 6. The summed E-state index contributed by atoms with van der Waals surface area (Å²) in [6.07, 6.45) is -1.52. The largest absolute Gasteiger partial charge is 0.437 e. The Kier molecular flexibility index (Phi) is 4.99. The molecule has 4 aromatic rings. The van der Waals surface area contributed by atoms with E-state index >= 15 is 0 Å². The molecular formula is C21H18ClF3N6O3. The Hall–Kier alpha value is -3.38. The van der Waals surface area contributed by atoms with Crippen LogP contribution >= 0.6 is 11.6 Å². The van der Waals surface area contributed by atoms with Crippen LogP contribution in [-0.4, -0.2) is 47.0 Å². The Morgan fingerprint density at radius 1 is 1.35 bits per heavy atom. The first-order valence-corrected chi connectivity index (χ1v) is 10.6. The number of halogens is 4. The average molecular weight is 495 g/mol. The molecule has 0 saturated heterocycles. The van der Waals surface area contributed by atoms with Gasteiger partial charge in [0, 0.05) is 24.9 Å². The second-order valence-corrected chi connectivity index (χ2v) is 8.83. The maximum absolute atomic E-state index is 13.7. The minimum Gasteiger partial charge on any atom is -0.432 e. The third-order valence-electron chi connectivity index (χ3n) is 5.55. The lowest BCUT2D eigenvalue weighted by Crippen LogP contribution is -2.41. The lowest BCUT2D eigenvalue weighted by Gasteiger charge is -2.33. The molecular weight excluding hydrogens is 477 g/mol. The molecule has 0 aromatic carbocycles. The highest BCUT2D eigenvalue weighted by Crippen LogP contribution is 2.39. The predicted octanol–water partition coefficient (Wildman–Crippen LogP) is 3.73. The third kappa shape index (κ3) is 3.62. The van der Waals surface area contributed by atoms with Gasteiger partial charge in [-0.2, -0.15) is 18.3 Å². The van der Waals surface area contributed by atoms with Crippen molar-refractivity contribution in [3.05, 3.63) is 70.2 Å². The van der Waals surface area contributed by atoms with Crippen LogP contribution in [0.15, 0.2) is 35.1 Å². The molecule has 1 atom stereocenters. The van der Waals surface area contributed by atoms with E-state index in [1.165, 1.54) is 29.6 Å². The normalized spacial score (nSPS) is 16.8. The Balaban J connectivity index is 1.65. The summed E-state index contributed by atoms with van der Waals surface area (Å²) in [6, 6.07) is 4.12. The van der Waals surface area contributed by atoms with Crippen molar-refractivity contribution in [2.45, 2.75) is 38.1 Å². The first kappa shape index (κ1) is 22.4. The van der Waals surface area contributed by atoms with Gasteiger partial charge in [0.05, 0.1) is 28.3 Å². The lowest BCUT2D eigenvalue weighted by molar-refractivity contribution is -0.141. The van der Waals surface area contributed by atoms with Gasteiger partial charge in [0.15, 0.2) is 5.69 Å². The summed E-state index contributed by atoms with van der Waals surface area (Å²) in [4.78, 5) is 25.4. The van der Waals surface area contributed by atoms with E-state index in [2.05, 4.69) is 20.1 Å². The standard InChI is InChI=1S/C21H18ClF3N6O3/c1-20(2,33)19-28-17(21(23,24)25)16(34-19)18(32)30-7-5-11-14(27-9-26-11)15(30)12-8-13-10(22)4-3-6-31(13)29-12/h3-4,6,8-9,15,33H,5,7H2,1-2H3,(H,26,27). The number of rotatable bonds is 3. The fourth-order valence-corrected chi connectivity index (χ4v) is 4.19. The van der Waals surface area contributed by atoms with Gasteiger partial charge in [-0.1, -0.05) is 11.6 Å². The fraction of sp³-hybridized carbons (Fsp3) is 0.333. The molecule has 0 spiro atoms. The predicted molar refractivity (Wildman–Crippen MR) is 112 cm³/mol. The van der Waals surface area contributed by atoms with Crippen LogP contribution in [0.5, 0.6) is 0 Å². The number of pyridine rings is 1. The Morgan fingerprint density at radius 3 is 2.79 bits per heavy atom. The Bertz CT molecular complexity index is 1400. The van der Waals surface area contributed by atoms with E-state index in [9.17, 15) is 23.1 Å². The van der Waals surface area contributed by atoms with Crippen LogP contribution in [0, 0.1) is 0 Å². The maximum atomic E-state index is 13.7. The molecule has 34 heavy (non-hydrogen) atoms. The van der Waals surface area contributed by atoms with Crippen LogP contribution < -0.4 is 0 Å². The number of nitrogens with zero attached hydrogens (tertiary/aromatic N) is 5. The molecule has 1 aliphatic rings. The van der Waals surface area contributed by atoms with Crippen LogP contribution in [0.1, 0.15) is 59.1 Å². The fourth-order valence-electron chi connectivity index (χ4n) is 3.98. The third-order valence-corrected chi connectivity index (χ3v) is 5.87. The quantitative estimate of drug-likeness (QED) is 0.449. The zero-order chi connectivity index (χ0) is 24.4. The minimum absolute atomic E-state index is 0.0656. The highest BCUT2D eigenvalue weighted by molar-refractivity contribution is 6.33. The molecule has 5 rings (SSSR count). The average Bonchev–Trinajstić information content (AvgIpc) is 3.48. The highest BCUT2D eigenvalue weighted by Gasteiger charge is 2.46. The van der Waals surface area contributed by atoms with Crippen LogP contribution in [-0.2, 0) is 18.2 Å². The van der Waals surface area contributed by atoms with Crippen molar-refractivity contribution in [3.8, 4) is 0 Å². The number of amides is 1. The van der Waals surface area contributed by atoms with Crippen LogP contribution in [0.25, 0.3) is 5.52 Å². The van der Waals surface area contributed by atoms with Crippen molar-refractivity contribution in [2.24, 2.45) is 0 Å². The molecule has 13 heteroatoms. The van der Waals surface area contributed by atoms with E-state index in [1.807, 2.05) is 0 Å². The van der Waals surface area contributed by atoms with E-state index in [0.717, 1.165) is 5.69 Å². The van der Waals surface area contributed by atoms with Gasteiger partial charge in [0.1, 0.15) is 11.6 Å². The smallest absolute Gasteiger partial charge is 0.432 e. The SMILES string of the molecule is CC(C)(O)c1nc(C(F)(F)F)c(C(=O)N2CCc3[nH]cnc3C2c2cc3c(Cl)cccn3n2)o1. The number of alkyl halides is 3. The summed E-state index contributed by atoms with van der Waals surface area (Å²) < 4.78 is 48.0. The number of carbonyl (C=O) groups excluding carboxylic acids is 1. The minimum atomic E-state index is -4.97. The molecule has 0 fully saturated rings. The summed E-state index contributed by atoms with van der Waals surface area (Å²) in [5.41, 5.74) is -1.20. The highest BCUT2D eigenvalue weighted by atomic mass is 35.5. The molecule has 0 saturated carbocycles. The van der Waals surface area contributed by atoms with Gasteiger partial charge in [-0.25, -0.2) is 14.5 Å². The summed E-state index contributed by atoms with van der Waals surface area (Å²) >= 11 is 6.26. The second-order valence-electron chi connectivity index (χ2n) is 8.43. The second kappa shape index (κ2) is 7.57. The molecule has 4 aromatic heterocycles. The van der Waals surface area contributed by atoms with Crippen molar-refractivity contribution in [1.29, 1.82) is 0 Å². The molecule has 2 N–H and O–H groups in total. The monoisotopic (exact) mass is 494 g/mol. The zero-order valence-electron chi connectivity index (χ0n) is 17.9. The van der Waals surface area contributed by atoms with Gasteiger partial charge < -0.3 is 19.4 Å². The van der Waals surface area contributed by atoms with Crippen molar-refractivity contribution in [3.63, 3.8) is 0 Å². The van der Waals surface area contributed by atoms with Crippen LogP contribution in [0.4, 0.5) is 13.2 Å². The number of nitrogens with one attached hydrogen (secondary N) is 1. The van der Waals surface area contributed by atoms with Gasteiger partial charge >= 0.3 is 6.18 Å². The molecule has 1 aliphatic heterocycles. The van der Waals surface area contributed by atoms with Crippen molar-refractivity contribution in [1.82, 2.24) is 29.5 Å². The van der Waals surface area contributed by atoms with E-state index in [-0.39, 0.29) is 6.54 Å². The topological polar surface area (TPSA) is 113 Å². The molecule has 0 aliphatic carbocycles. The van der Waals surface area contributed by atoms with Gasteiger partial charge in [-0.3, -0.25) is 4.79 Å². The zero-order valence-corrected chi connectivity index (χ0v) is 18.6. The molecule has 1 unspecified atom stereocenters. The lowest BCUT2D eigenvalue weighted by atomic mass is 9.99. The van der Waals surface area contributed by atoms with E-state index in [0.29, 0.717) is 28.3 Å². The van der Waals surface area contributed by atoms with E-state index in [4.69, 9.17) is 16.0 Å². The van der Waals surface area contributed by atoms with E-state index in [1.54, 1.807) is 24.4 Å². The van der Waals surface area contributed by atoms with Crippen molar-refractivity contribution >= 4 is 23.0 Å². The number of aromatic nitrogens is 5. The summed E-state index contributed by atoms with van der Waals surface area (Å²) in [5, 5.41) is 15.0. The maximum Gasteiger partial charge on any atom is 0.437 e. The van der Waals surface area contributed by atoms with Gasteiger partial charge in [0.2, 0.25) is 11.7 Å². The van der Waals surface area contributed by atoms with Gasteiger partial charge in [-0.05, 0) is 32.0 Å². The van der Waals surface area contributed by atoms with Crippen molar-refractivity contribution < 1.29 is 27.5 Å². The number of imidazole rings is 1. The first-order chi connectivity index (χ1) is 15.9. The van der Waals surface area contributed by atoms with Crippen molar-refractivity contribution in [2.75, 3.05) is 6.54 Å². The number of fused-ring (bicyclic) bond motifs is 2. The summed E-state index contributed by atoms with van der Waals surface area (Å²) in [6.45, 7) is 2.50. The summed E-state index contributed by atoms with van der Waals surface area (Å²) in [7, 11) is 0. The number of aliphatic hydroxyl groups is 1. The van der Waals surface area contributed by atoms with Crippen LogP contribution in [0.2, 0.25) is 5.02 Å². The number of oxazole rings is 1. The van der Waals surface area contributed by atoms with Gasteiger partial charge in [-0.15, -0.1) is 0 Å². The van der Waals surface area contributed by atoms with E-state index < -0.39 is 41.1 Å². The van der Waals surface area contributed by atoms with Crippen LogP contribution in [0.3, 0.4) is 0 Å². The summed E-state index contributed by atoms with van der Waals surface area (Å²) in [5.74, 6) is -2.66. The molecule has 1 amide bonds. The van der Waals surface area contributed by atoms with Gasteiger partial charge in [0.25, 0.3) is 5.91 Å².